The van der Waals surface area contributed by atoms with Crippen molar-refractivity contribution in [1.82, 2.24) is 4.72 Å². The van der Waals surface area contributed by atoms with E-state index in [2.05, 4.69) is 4.72 Å². The summed E-state index contributed by atoms with van der Waals surface area (Å²) in [6, 6.07) is 3.73. The highest BCUT2D eigenvalue weighted by atomic mass is 32.2. The highest BCUT2D eigenvalue weighted by molar-refractivity contribution is 7.89. The quantitative estimate of drug-likeness (QED) is 0.828. The number of benzene rings is 1. The molecule has 0 amide bonds. The minimum atomic E-state index is -3.93. The van der Waals surface area contributed by atoms with Gasteiger partial charge in [0.2, 0.25) is 10.0 Å². The SMILES string of the molecule is CC(C)CC(NS(=O)(=O)c1cccc2c1OCC2)C(=O)O. The second-order valence-electron chi connectivity index (χ2n) is 5.48. The fourth-order valence-corrected chi connectivity index (χ4v) is 3.71. The van der Waals surface area contributed by atoms with E-state index < -0.39 is 22.0 Å². The second-order valence-corrected chi connectivity index (χ2v) is 7.17. The van der Waals surface area contributed by atoms with E-state index in [1.807, 2.05) is 19.9 Å². The van der Waals surface area contributed by atoms with Gasteiger partial charge in [-0.05, 0) is 24.0 Å². The number of hydrogen-bond donors (Lipinski definition) is 2. The molecule has 21 heavy (non-hydrogen) atoms. The van der Waals surface area contributed by atoms with Gasteiger partial charge < -0.3 is 9.84 Å². The van der Waals surface area contributed by atoms with Crippen LogP contribution >= 0.6 is 0 Å². The summed E-state index contributed by atoms with van der Waals surface area (Å²) in [5, 5.41) is 9.17. The van der Waals surface area contributed by atoms with Gasteiger partial charge in [0, 0.05) is 6.42 Å². The van der Waals surface area contributed by atoms with Crippen LogP contribution in [0.4, 0.5) is 0 Å². The Bertz CT molecular complexity index is 639. The Hall–Kier alpha value is -1.60. The number of ether oxygens (including phenoxy) is 1. The molecule has 1 aliphatic rings. The summed E-state index contributed by atoms with van der Waals surface area (Å²) in [7, 11) is -3.93. The molecular formula is C14H19NO5S. The maximum atomic E-state index is 12.4. The minimum absolute atomic E-state index is 0.00695. The molecule has 0 bridgehead atoms. The van der Waals surface area contributed by atoms with Crippen LogP contribution in [0.15, 0.2) is 23.1 Å². The molecule has 0 saturated heterocycles. The molecule has 2 N–H and O–H groups in total. The molecule has 0 aliphatic carbocycles. The van der Waals surface area contributed by atoms with Gasteiger partial charge in [0.1, 0.15) is 16.7 Å². The molecule has 1 aromatic rings. The molecule has 6 nitrogen and oxygen atoms in total. The third-order valence-electron chi connectivity index (χ3n) is 3.27. The lowest BCUT2D eigenvalue weighted by Gasteiger charge is -2.17. The number of carboxylic acid groups (broad SMARTS) is 1. The van der Waals surface area contributed by atoms with E-state index in [0.717, 1.165) is 5.56 Å². The number of carbonyl (C=O) groups is 1. The number of para-hydroxylation sites is 1. The monoisotopic (exact) mass is 313 g/mol. The number of hydrogen-bond acceptors (Lipinski definition) is 4. The van der Waals surface area contributed by atoms with Gasteiger partial charge in [-0.3, -0.25) is 4.79 Å². The topological polar surface area (TPSA) is 92.7 Å². The third-order valence-corrected chi connectivity index (χ3v) is 4.77. The summed E-state index contributed by atoms with van der Waals surface area (Å²) >= 11 is 0. The molecule has 1 aromatic carbocycles. The average molecular weight is 313 g/mol. The van der Waals surface area contributed by atoms with E-state index in [1.54, 1.807) is 6.07 Å². The summed E-state index contributed by atoms with van der Waals surface area (Å²) in [6.07, 6.45) is 0.886. The number of rotatable bonds is 6. The van der Waals surface area contributed by atoms with Crippen molar-refractivity contribution >= 4 is 16.0 Å². The van der Waals surface area contributed by atoms with Crippen molar-refractivity contribution < 1.29 is 23.1 Å². The zero-order chi connectivity index (χ0) is 15.6. The Labute approximate surface area is 124 Å². The Kier molecular flexibility index (Phi) is 4.53. The summed E-state index contributed by atoms with van der Waals surface area (Å²) in [5.74, 6) is -0.786. The van der Waals surface area contributed by atoms with Crippen molar-refractivity contribution in [1.29, 1.82) is 0 Å². The van der Waals surface area contributed by atoms with E-state index in [-0.39, 0.29) is 17.2 Å². The minimum Gasteiger partial charge on any atom is -0.492 e. The van der Waals surface area contributed by atoms with E-state index in [9.17, 15) is 13.2 Å². The van der Waals surface area contributed by atoms with E-state index >= 15 is 0 Å². The van der Waals surface area contributed by atoms with Crippen LogP contribution in [0.1, 0.15) is 25.8 Å². The molecule has 1 atom stereocenters. The van der Waals surface area contributed by atoms with Gasteiger partial charge in [-0.2, -0.15) is 4.72 Å². The fraction of sp³-hybridized carbons (Fsp3) is 0.500. The fourth-order valence-electron chi connectivity index (χ4n) is 2.32. The van der Waals surface area contributed by atoms with Crippen LogP contribution in [-0.2, 0) is 21.2 Å². The van der Waals surface area contributed by atoms with Crippen LogP contribution in [0.3, 0.4) is 0 Å². The van der Waals surface area contributed by atoms with Crippen LogP contribution < -0.4 is 9.46 Å². The first-order valence-electron chi connectivity index (χ1n) is 6.81. The highest BCUT2D eigenvalue weighted by Gasteiger charge is 2.30. The molecule has 116 valence electrons. The van der Waals surface area contributed by atoms with Crippen molar-refractivity contribution in [2.24, 2.45) is 5.92 Å². The first-order valence-corrected chi connectivity index (χ1v) is 8.29. The van der Waals surface area contributed by atoms with Gasteiger partial charge in [-0.25, -0.2) is 8.42 Å². The van der Waals surface area contributed by atoms with Crippen molar-refractivity contribution in [3.05, 3.63) is 23.8 Å². The first-order chi connectivity index (χ1) is 9.81. The van der Waals surface area contributed by atoms with Crippen molar-refractivity contribution in [2.45, 2.75) is 37.6 Å². The largest absolute Gasteiger partial charge is 0.492 e. The Morgan fingerprint density at radius 2 is 2.14 bits per heavy atom. The number of aliphatic carboxylic acids is 1. The van der Waals surface area contributed by atoms with Crippen molar-refractivity contribution in [3.8, 4) is 5.75 Å². The van der Waals surface area contributed by atoms with Crippen molar-refractivity contribution in [3.63, 3.8) is 0 Å². The van der Waals surface area contributed by atoms with Crippen LogP contribution in [0.5, 0.6) is 5.75 Å². The Morgan fingerprint density at radius 3 is 2.76 bits per heavy atom. The van der Waals surface area contributed by atoms with Crippen LogP contribution in [0.2, 0.25) is 0 Å². The lowest BCUT2D eigenvalue weighted by molar-refractivity contribution is -0.139. The Morgan fingerprint density at radius 1 is 1.43 bits per heavy atom. The van der Waals surface area contributed by atoms with Gasteiger partial charge in [-0.15, -0.1) is 0 Å². The molecule has 1 aliphatic heterocycles. The van der Waals surface area contributed by atoms with Gasteiger partial charge in [-0.1, -0.05) is 26.0 Å². The maximum absolute atomic E-state index is 12.4. The normalized spacial score (nSPS) is 15.6. The zero-order valence-electron chi connectivity index (χ0n) is 12.0. The smallest absolute Gasteiger partial charge is 0.321 e. The molecule has 0 fully saturated rings. The van der Waals surface area contributed by atoms with Gasteiger partial charge >= 0.3 is 5.97 Å². The van der Waals surface area contributed by atoms with Crippen LogP contribution in [0.25, 0.3) is 0 Å². The highest BCUT2D eigenvalue weighted by Crippen LogP contribution is 2.32. The predicted molar refractivity (Wildman–Crippen MR) is 76.8 cm³/mol. The standard InChI is InChI=1S/C14H19NO5S/c1-9(2)8-11(14(16)17)15-21(18,19)12-5-3-4-10-6-7-20-13(10)12/h3-5,9,11,15H,6-8H2,1-2H3,(H,16,17). The van der Waals surface area contributed by atoms with Crippen molar-refractivity contribution in [2.75, 3.05) is 6.61 Å². The maximum Gasteiger partial charge on any atom is 0.321 e. The van der Waals surface area contributed by atoms with E-state index in [4.69, 9.17) is 9.84 Å². The molecule has 7 heteroatoms. The lowest BCUT2D eigenvalue weighted by atomic mass is 10.1. The number of nitrogens with one attached hydrogen (secondary N) is 1. The molecule has 1 heterocycles. The lowest BCUT2D eigenvalue weighted by Crippen LogP contribution is -2.41. The molecule has 0 aromatic heterocycles. The molecule has 0 spiro atoms. The van der Waals surface area contributed by atoms with E-state index in [0.29, 0.717) is 18.8 Å². The van der Waals surface area contributed by atoms with Crippen LogP contribution in [-0.4, -0.2) is 32.1 Å². The summed E-state index contributed by atoms with van der Waals surface area (Å²) < 4.78 is 32.5. The molecule has 0 saturated carbocycles. The average Bonchev–Trinajstić information content (AvgIpc) is 2.84. The summed E-state index contributed by atoms with van der Waals surface area (Å²) in [6.45, 7) is 4.12. The summed E-state index contributed by atoms with van der Waals surface area (Å²) in [5.41, 5.74) is 0.827. The summed E-state index contributed by atoms with van der Waals surface area (Å²) in [4.78, 5) is 11.2. The molecule has 0 radical (unpaired) electrons. The molecule has 1 unspecified atom stereocenters. The molecular weight excluding hydrogens is 294 g/mol. The predicted octanol–water partition coefficient (Wildman–Crippen LogP) is 1.40. The van der Waals surface area contributed by atoms with Crippen LogP contribution in [0, 0.1) is 5.92 Å². The first kappa shape index (κ1) is 15.8. The van der Waals surface area contributed by atoms with E-state index in [1.165, 1.54) is 6.07 Å². The number of sulfonamides is 1. The molecule has 2 rings (SSSR count). The third kappa shape index (κ3) is 3.54. The zero-order valence-corrected chi connectivity index (χ0v) is 12.8. The van der Waals surface area contributed by atoms with Gasteiger partial charge in [0.25, 0.3) is 0 Å². The number of fused-ring (bicyclic) bond motifs is 1. The second kappa shape index (κ2) is 6.03. The van der Waals surface area contributed by atoms with Gasteiger partial charge in [0.05, 0.1) is 6.61 Å². The number of carboxylic acids is 1. The van der Waals surface area contributed by atoms with Gasteiger partial charge in [0.15, 0.2) is 0 Å². The Balaban J connectivity index is 2.30.